The van der Waals surface area contributed by atoms with Gasteiger partial charge in [-0.05, 0) is 0 Å². The average Bonchev–Trinajstić information content (AvgIpc) is 2.83. The Morgan fingerprint density at radius 2 is 1.68 bits per heavy atom. The van der Waals surface area contributed by atoms with Crippen LogP contribution in [0, 0.1) is 6.92 Å². The molecule has 0 aliphatic carbocycles. The molecule has 1 heterocycles. The van der Waals surface area contributed by atoms with Gasteiger partial charge >= 0.3 is 11.9 Å². The van der Waals surface area contributed by atoms with E-state index in [4.69, 9.17) is 0 Å². The number of esters is 2. The third-order valence-corrected chi connectivity index (χ3v) is 2.10. The fourth-order valence-electron chi connectivity index (χ4n) is 1.17. The van der Waals surface area contributed by atoms with Crippen LogP contribution in [-0.2, 0) is 19.1 Å². The van der Waals surface area contributed by atoms with Crippen LogP contribution in [0.5, 0.6) is 0 Å². The van der Waals surface area contributed by atoms with E-state index in [1.54, 1.807) is 0 Å². The standard InChI is InChI=1S/C10H13N3O6/c1-6-11-9(12-19-6)10(16)13(4-7(14)17-2)5-8(15)18-3/h4-5H2,1-3H3. The number of aryl methyl sites for hydroxylation is 1. The monoisotopic (exact) mass is 271 g/mol. The van der Waals surface area contributed by atoms with Gasteiger partial charge in [-0.15, -0.1) is 0 Å². The van der Waals surface area contributed by atoms with Crippen molar-refractivity contribution in [3.8, 4) is 0 Å². The first-order valence-corrected chi connectivity index (χ1v) is 5.21. The van der Waals surface area contributed by atoms with E-state index in [1.807, 2.05) is 0 Å². The topological polar surface area (TPSA) is 112 Å². The van der Waals surface area contributed by atoms with Gasteiger partial charge in [0.1, 0.15) is 13.1 Å². The normalized spacial score (nSPS) is 9.84. The van der Waals surface area contributed by atoms with Crippen molar-refractivity contribution in [2.45, 2.75) is 6.92 Å². The summed E-state index contributed by atoms with van der Waals surface area (Å²) >= 11 is 0. The summed E-state index contributed by atoms with van der Waals surface area (Å²) in [6.45, 7) is 0.671. The van der Waals surface area contributed by atoms with Crippen LogP contribution in [0.3, 0.4) is 0 Å². The van der Waals surface area contributed by atoms with E-state index in [2.05, 4.69) is 24.1 Å². The molecule has 0 saturated carbocycles. The molecule has 0 saturated heterocycles. The lowest BCUT2D eigenvalue weighted by Crippen LogP contribution is -2.40. The Bertz CT molecular complexity index is 465. The van der Waals surface area contributed by atoms with Crippen LogP contribution in [0.1, 0.15) is 16.5 Å². The second-order valence-corrected chi connectivity index (χ2v) is 3.45. The fraction of sp³-hybridized carbons (Fsp3) is 0.500. The van der Waals surface area contributed by atoms with Crippen molar-refractivity contribution < 1.29 is 28.4 Å². The number of hydrogen-bond donors (Lipinski definition) is 0. The predicted molar refractivity (Wildman–Crippen MR) is 59.0 cm³/mol. The van der Waals surface area contributed by atoms with Gasteiger partial charge in [0.05, 0.1) is 14.2 Å². The lowest BCUT2D eigenvalue weighted by Gasteiger charge is -2.17. The molecule has 0 radical (unpaired) electrons. The second kappa shape index (κ2) is 6.47. The molecule has 0 unspecified atom stereocenters. The average molecular weight is 271 g/mol. The maximum absolute atomic E-state index is 12.0. The number of rotatable bonds is 5. The zero-order chi connectivity index (χ0) is 14.4. The molecule has 0 spiro atoms. The summed E-state index contributed by atoms with van der Waals surface area (Å²) in [4.78, 5) is 39.0. The number of amides is 1. The largest absolute Gasteiger partial charge is 0.468 e. The Labute approximate surface area is 108 Å². The number of ether oxygens (including phenoxy) is 2. The first kappa shape index (κ1) is 14.6. The van der Waals surface area contributed by atoms with Crippen molar-refractivity contribution in [3.05, 3.63) is 11.7 Å². The molecule has 0 aliphatic rings. The molecule has 0 atom stereocenters. The smallest absolute Gasteiger partial charge is 0.325 e. The highest BCUT2D eigenvalue weighted by atomic mass is 16.5. The van der Waals surface area contributed by atoms with Gasteiger partial charge in [-0.25, -0.2) is 0 Å². The minimum Gasteiger partial charge on any atom is -0.468 e. The van der Waals surface area contributed by atoms with Gasteiger partial charge in [0, 0.05) is 6.92 Å². The Hall–Kier alpha value is -2.45. The van der Waals surface area contributed by atoms with Crippen LogP contribution < -0.4 is 0 Å². The number of nitrogens with zero attached hydrogens (tertiary/aromatic N) is 3. The minimum absolute atomic E-state index is 0.194. The van der Waals surface area contributed by atoms with Crippen molar-refractivity contribution in [1.82, 2.24) is 15.0 Å². The quantitative estimate of drug-likeness (QED) is 0.637. The van der Waals surface area contributed by atoms with Crippen LogP contribution in [0.4, 0.5) is 0 Å². The molecular formula is C10H13N3O6. The summed E-state index contributed by atoms with van der Waals surface area (Å²) in [6.07, 6.45) is 0. The number of carbonyl (C=O) groups is 3. The summed E-state index contributed by atoms with van der Waals surface area (Å²) in [7, 11) is 2.34. The maximum Gasteiger partial charge on any atom is 0.325 e. The summed E-state index contributed by atoms with van der Waals surface area (Å²) in [5.74, 6) is -2.15. The van der Waals surface area contributed by atoms with Crippen molar-refractivity contribution in [2.24, 2.45) is 0 Å². The molecule has 1 aromatic rings. The second-order valence-electron chi connectivity index (χ2n) is 3.45. The molecule has 1 aromatic heterocycles. The maximum atomic E-state index is 12.0. The van der Waals surface area contributed by atoms with Crippen molar-refractivity contribution in [3.63, 3.8) is 0 Å². The highest BCUT2D eigenvalue weighted by Gasteiger charge is 2.25. The Morgan fingerprint density at radius 1 is 1.16 bits per heavy atom. The lowest BCUT2D eigenvalue weighted by atomic mass is 10.4. The molecule has 0 aromatic carbocycles. The van der Waals surface area contributed by atoms with E-state index in [0.29, 0.717) is 0 Å². The van der Waals surface area contributed by atoms with Gasteiger partial charge in [-0.3, -0.25) is 14.4 Å². The number of hydrogen-bond acceptors (Lipinski definition) is 8. The van der Waals surface area contributed by atoms with Crippen molar-refractivity contribution in [2.75, 3.05) is 27.3 Å². The van der Waals surface area contributed by atoms with E-state index in [-0.39, 0.29) is 11.7 Å². The molecular weight excluding hydrogens is 258 g/mol. The van der Waals surface area contributed by atoms with Crippen LogP contribution in [-0.4, -0.2) is 60.2 Å². The summed E-state index contributed by atoms with van der Waals surface area (Å²) < 4.78 is 13.5. The van der Waals surface area contributed by atoms with Gasteiger partial charge in [0.2, 0.25) is 5.89 Å². The van der Waals surface area contributed by atoms with Crippen LogP contribution >= 0.6 is 0 Å². The molecule has 19 heavy (non-hydrogen) atoms. The van der Waals surface area contributed by atoms with Gasteiger partial charge in [-0.2, -0.15) is 4.98 Å². The SMILES string of the molecule is COC(=O)CN(CC(=O)OC)C(=O)c1noc(C)n1. The Balaban J connectivity index is 2.85. The molecule has 0 fully saturated rings. The molecule has 0 N–H and O–H groups in total. The van der Waals surface area contributed by atoms with Crippen molar-refractivity contribution >= 4 is 17.8 Å². The molecule has 9 nitrogen and oxygen atoms in total. The summed E-state index contributed by atoms with van der Waals surface area (Å²) in [5.41, 5.74) is 0. The molecule has 1 amide bonds. The van der Waals surface area contributed by atoms with Crippen LogP contribution in [0.2, 0.25) is 0 Å². The van der Waals surface area contributed by atoms with Gasteiger partial charge in [0.15, 0.2) is 0 Å². The third-order valence-electron chi connectivity index (χ3n) is 2.10. The number of methoxy groups -OCH3 is 2. The Kier molecular flexibility index (Phi) is 4.98. The zero-order valence-electron chi connectivity index (χ0n) is 10.7. The number of carbonyl (C=O) groups excluding carboxylic acids is 3. The first-order valence-electron chi connectivity index (χ1n) is 5.21. The highest BCUT2D eigenvalue weighted by molar-refractivity contribution is 5.94. The molecule has 1 rings (SSSR count). The highest BCUT2D eigenvalue weighted by Crippen LogP contribution is 2.02. The van der Waals surface area contributed by atoms with Gasteiger partial charge in [-0.1, -0.05) is 5.16 Å². The zero-order valence-corrected chi connectivity index (χ0v) is 10.7. The molecule has 0 bridgehead atoms. The summed E-state index contributed by atoms with van der Waals surface area (Å²) in [6, 6.07) is 0. The van der Waals surface area contributed by atoms with Gasteiger partial charge in [0.25, 0.3) is 11.7 Å². The fourth-order valence-corrected chi connectivity index (χ4v) is 1.17. The van der Waals surface area contributed by atoms with Crippen LogP contribution in [0.15, 0.2) is 4.52 Å². The van der Waals surface area contributed by atoms with Crippen LogP contribution in [0.25, 0.3) is 0 Å². The van der Waals surface area contributed by atoms with E-state index < -0.39 is 30.9 Å². The van der Waals surface area contributed by atoms with Crippen molar-refractivity contribution in [1.29, 1.82) is 0 Å². The van der Waals surface area contributed by atoms with E-state index in [1.165, 1.54) is 21.1 Å². The Morgan fingerprint density at radius 3 is 2.05 bits per heavy atom. The first-order chi connectivity index (χ1) is 8.97. The van der Waals surface area contributed by atoms with E-state index in [9.17, 15) is 14.4 Å². The summed E-state index contributed by atoms with van der Waals surface area (Å²) in [5, 5.41) is 3.42. The number of aromatic nitrogens is 2. The molecule has 0 aliphatic heterocycles. The lowest BCUT2D eigenvalue weighted by molar-refractivity contribution is -0.144. The minimum atomic E-state index is -0.729. The van der Waals surface area contributed by atoms with E-state index >= 15 is 0 Å². The predicted octanol–water partition coefficient (Wildman–Crippen LogP) is -0.834. The third kappa shape index (κ3) is 4.05. The van der Waals surface area contributed by atoms with E-state index in [0.717, 1.165) is 4.90 Å². The molecule has 104 valence electrons. The molecule has 9 heteroatoms. The van der Waals surface area contributed by atoms with Gasteiger partial charge < -0.3 is 18.9 Å².